The number of hydrogen-bond donors (Lipinski definition) is 0. The van der Waals surface area contributed by atoms with Gasteiger partial charge in [-0.25, -0.2) is 0 Å². The van der Waals surface area contributed by atoms with E-state index in [0.717, 1.165) is 6.82 Å². The SMILES string of the molecule is [Fe][SiH2][PH][Fe].[Mn][Fe]. The fourth-order valence-corrected chi connectivity index (χ4v) is 0. The van der Waals surface area contributed by atoms with Crippen LogP contribution in [0.1, 0.15) is 0 Å². The molecule has 0 heterocycles. The second-order valence-corrected chi connectivity index (χ2v) is 9.28. The fourth-order valence-electron chi connectivity index (χ4n) is 0. The van der Waals surface area contributed by atoms with Crippen LogP contribution in [0.2, 0.25) is 0 Å². The summed E-state index contributed by atoms with van der Waals surface area (Å²) >= 11 is 13.1. The summed E-state index contributed by atoms with van der Waals surface area (Å²) in [6.45, 7) is 0.918. The van der Waals surface area contributed by atoms with Crippen LogP contribution >= 0.6 is 6.82 Å². The van der Waals surface area contributed by atoms with Gasteiger partial charge in [0, 0.05) is 0 Å². The van der Waals surface area contributed by atoms with Gasteiger partial charge in [0.25, 0.3) is 0 Å². The van der Waals surface area contributed by atoms with Crippen LogP contribution in [-0.4, -0.2) is 7.79 Å². The standard InChI is InChI=1S/3Fe.Mn.H3PSi/c;;;;1-2/h;;;;1H,2H2/q;;+1;;-1. The van der Waals surface area contributed by atoms with E-state index in [1.165, 1.54) is 0 Å². The Balaban J connectivity index is 0. The van der Waals surface area contributed by atoms with E-state index in [2.05, 4.69) is 59.3 Å². The third-order valence-electron chi connectivity index (χ3n) is 0.0442. The van der Waals surface area contributed by atoms with Crippen LogP contribution in [0.5, 0.6) is 0 Å². The second kappa shape index (κ2) is 15.6. The Morgan fingerprint density at radius 3 is 1.67 bits per heavy atom. The summed E-state index contributed by atoms with van der Waals surface area (Å²) in [6, 6.07) is 0. The molecule has 6 heavy (non-hydrogen) atoms. The molecule has 0 radical (unpaired) electrons. The molecule has 0 aromatic rings. The molecule has 6 heteroatoms. The number of hydrogen-bond acceptors (Lipinski definition) is 0. The molecule has 0 aliphatic rings. The minimum absolute atomic E-state index is 0.0910. The van der Waals surface area contributed by atoms with Gasteiger partial charge in [0.2, 0.25) is 0 Å². The number of rotatable bonds is 1. The van der Waals surface area contributed by atoms with E-state index in [-0.39, 0.29) is 7.79 Å². The van der Waals surface area contributed by atoms with Crippen LogP contribution < -0.4 is 0 Å². The molecule has 0 fully saturated rings. The van der Waals surface area contributed by atoms with Crippen molar-refractivity contribution in [3.8, 4) is 0 Å². The van der Waals surface area contributed by atoms with Crippen LogP contribution in [0.25, 0.3) is 0 Å². The van der Waals surface area contributed by atoms with Crippen LogP contribution in [0.3, 0.4) is 0 Å². The van der Waals surface area contributed by atoms with E-state index >= 15 is 0 Å². The molecule has 0 aliphatic carbocycles. The Bertz CT molecular complexity index is 12.8. The molecule has 0 aromatic heterocycles. The molecule has 0 saturated heterocycles. The first-order valence-corrected chi connectivity index (χ1v) is 10.7. The first-order chi connectivity index (χ1) is 2.91. The van der Waals surface area contributed by atoms with Crippen molar-refractivity contribution in [3.63, 3.8) is 0 Å². The van der Waals surface area contributed by atoms with Crippen molar-refractivity contribution in [2.75, 3.05) is 0 Å². The van der Waals surface area contributed by atoms with Crippen LogP contribution in [0.15, 0.2) is 0 Å². The topological polar surface area (TPSA) is 0 Å². The summed E-state index contributed by atoms with van der Waals surface area (Å²) < 4.78 is 0. The van der Waals surface area contributed by atoms with Crippen LogP contribution in [0.4, 0.5) is 0 Å². The van der Waals surface area contributed by atoms with Gasteiger partial charge in [-0.05, 0) is 0 Å². The second-order valence-electron chi connectivity index (χ2n) is 0.250. The molecule has 0 rings (SSSR count). The van der Waals surface area contributed by atoms with E-state index in [4.69, 9.17) is 0 Å². The third kappa shape index (κ3) is 15.9. The van der Waals surface area contributed by atoms with E-state index in [1.54, 1.807) is 0 Å². The van der Waals surface area contributed by atoms with Crippen LogP contribution in [-0.2, 0) is 59.3 Å². The van der Waals surface area contributed by atoms with Crippen molar-refractivity contribution in [1.29, 1.82) is 0 Å². The Morgan fingerprint density at radius 1 is 1.50 bits per heavy atom. The maximum absolute atomic E-state index is 3.69. The van der Waals surface area contributed by atoms with Gasteiger partial charge in [-0.1, -0.05) is 0 Å². The van der Waals surface area contributed by atoms with Gasteiger partial charge >= 0.3 is 73.9 Å². The van der Waals surface area contributed by atoms with Gasteiger partial charge in [-0.15, -0.1) is 0 Å². The van der Waals surface area contributed by atoms with Crippen LogP contribution in [0, 0.1) is 0 Å². The van der Waals surface area contributed by atoms with Gasteiger partial charge in [0.15, 0.2) is 0 Å². The van der Waals surface area contributed by atoms with Gasteiger partial charge in [0.05, 0.1) is 0 Å². The molecule has 0 bridgehead atoms. The molecule has 0 spiro atoms. The molecule has 1 unspecified atom stereocenters. The van der Waals surface area contributed by atoms with Crippen molar-refractivity contribution >= 4 is 14.6 Å². The quantitative estimate of drug-likeness (QED) is 0.457. The average molecular weight is 285 g/mol. The minimum atomic E-state index is 0.0910. The zero-order valence-electron chi connectivity index (χ0n) is 2.65. The van der Waals surface area contributed by atoms with Crippen molar-refractivity contribution in [1.82, 2.24) is 0 Å². The van der Waals surface area contributed by atoms with Crippen molar-refractivity contribution < 1.29 is 59.3 Å². The molecular formula is H3Fe3MnPSi. The summed E-state index contributed by atoms with van der Waals surface area (Å²) in [5, 5.41) is 0. The van der Waals surface area contributed by atoms with E-state index in [9.17, 15) is 0 Å². The first-order valence-electron chi connectivity index (χ1n) is 0.914. The van der Waals surface area contributed by atoms with E-state index in [0.29, 0.717) is 0 Å². The molecule has 0 nitrogen and oxygen atoms in total. The van der Waals surface area contributed by atoms with Crippen molar-refractivity contribution in [2.24, 2.45) is 0 Å². The van der Waals surface area contributed by atoms with Gasteiger partial charge in [-0.2, -0.15) is 0 Å². The molecule has 0 aliphatic heterocycles. The molecule has 43 valence electrons. The third-order valence-corrected chi connectivity index (χ3v) is 6.76. The average Bonchev–Trinajstić information content (AvgIpc) is 1.72. The first kappa shape index (κ1) is 11.5. The summed E-state index contributed by atoms with van der Waals surface area (Å²) in [6.07, 6.45) is 0. The Labute approximate surface area is 73.1 Å². The molecule has 0 saturated carbocycles. The summed E-state index contributed by atoms with van der Waals surface area (Å²) in [4.78, 5) is 0. The molecule has 0 amide bonds. The molecular weight excluding hydrogens is 282 g/mol. The summed E-state index contributed by atoms with van der Waals surface area (Å²) in [7, 11) is 0.0910. The molecule has 1 atom stereocenters. The zero-order chi connectivity index (χ0) is 5.41. The molecule has 0 N–H and O–H groups in total. The Kier molecular flexibility index (Phi) is 30.0. The monoisotopic (exact) mass is 285 g/mol. The van der Waals surface area contributed by atoms with E-state index < -0.39 is 0 Å². The zero-order valence-corrected chi connectivity index (χ0v) is 9.55. The van der Waals surface area contributed by atoms with Crippen molar-refractivity contribution in [3.05, 3.63) is 0 Å². The fraction of sp³-hybridized carbons (Fsp3) is 0. The van der Waals surface area contributed by atoms with Gasteiger partial charge in [0.1, 0.15) is 0 Å². The molecule has 0 aromatic carbocycles. The van der Waals surface area contributed by atoms with Gasteiger partial charge in [-0.3, -0.25) is 0 Å². The Morgan fingerprint density at radius 2 is 1.67 bits per heavy atom. The maximum atomic E-state index is 3.69. The van der Waals surface area contributed by atoms with E-state index in [1.807, 2.05) is 0 Å². The predicted molar refractivity (Wildman–Crippen MR) is 16.9 cm³/mol. The summed E-state index contributed by atoms with van der Waals surface area (Å²) in [5.41, 5.74) is 0. The normalized spacial score (nSPS) is 10.0. The summed E-state index contributed by atoms with van der Waals surface area (Å²) in [5.74, 6) is 0. The van der Waals surface area contributed by atoms with Crippen molar-refractivity contribution in [2.45, 2.75) is 0 Å². The Hall–Kier alpha value is 2.72. The van der Waals surface area contributed by atoms with Gasteiger partial charge < -0.3 is 0 Å². The predicted octanol–water partition coefficient (Wildman–Crippen LogP) is -0.333.